The summed E-state index contributed by atoms with van der Waals surface area (Å²) in [5, 5.41) is 0.198. The molecule has 3 aromatic rings. The Balaban J connectivity index is 2.30. The van der Waals surface area contributed by atoms with Crippen molar-refractivity contribution in [3.05, 3.63) is 38.0 Å². The van der Waals surface area contributed by atoms with Crippen LogP contribution in [0.4, 0.5) is 0 Å². The van der Waals surface area contributed by atoms with Crippen LogP contribution in [0.15, 0.2) is 25.5 Å². The normalized spacial score (nSPS) is 11.9. The van der Waals surface area contributed by atoms with E-state index in [2.05, 4.69) is 47.8 Å². The van der Waals surface area contributed by atoms with Gasteiger partial charge in [0.15, 0.2) is 11.5 Å². The summed E-state index contributed by atoms with van der Waals surface area (Å²) < 4.78 is 16.9. The van der Waals surface area contributed by atoms with Gasteiger partial charge in [0.2, 0.25) is 0 Å². The van der Waals surface area contributed by atoms with Gasteiger partial charge in [-0.25, -0.2) is 0 Å². The zero-order chi connectivity index (χ0) is 24.8. The highest BCUT2D eigenvalue weighted by atomic mass is 79.9. The first-order valence-corrected chi connectivity index (χ1v) is 11.8. The maximum Gasteiger partial charge on any atom is 0.308 e. The van der Waals surface area contributed by atoms with Crippen LogP contribution >= 0.6 is 47.8 Å². The van der Waals surface area contributed by atoms with Gasteiger partial charge in [0, 0.05) is 24.8 Å². The lowest BCUT2D eigenvalue weighted by Gasteiger charge is -2.15. The number of halogens is 3. The van der Waals surface area contributed by atoms with Gasteiger partial charge in [-0.1, -0.05) is 26.9 Å². The maximum atomic E-state index is 13.7. The maximum absolute atomic E-state index is 13.7. The number of benzene rings is 2. The standard InChI is InChI=1S/C21H12B3Br3O6/c1-6(25)18-13(17(30)9-4-10(26)19(11(27)5-9)31-7(2)28)12-14(22)15(23)21(32-8(3)29)16(24)20(12)33-18/h4-6H,1-3H3. The summed E-state index contributed by atoms with van der Waals surface area (Å²) in [6.07, 6.45) is 0. The molecule has 12 heteroatoms. The molecule has 0 spiro atoms. The second kappa shape index (κ2) is 9.84. The summed E-state index contributed by atoms with van der Waals surface area (Å²) in [7, 11) is 18.5. The number of esters is 2. The number of ether oxygens (including phenoxy) is 2. The Morgan fingerprint density at radius 3 is 1.91 bits per heavy atom. The van der Waals surface area contributed by atoms with Crippen molar-refractivity contribution >= 4 is 116 Å². The highest BCUT2D eigenvalue weighted by Crippen LogP contribution is 2.38. The SMILES string of the molecule is [B]c1c(OC(C)=O)c([B])c2oc(C(C)Br)c(C(=O)c3cc(Br)c(OC(C)=O)c(Br)c3)c2c1[B]. The van der Waals surface area contributed by atoms with Crippen LogP contribution in [-0.4, -0.2) is 41.3 Å². The van der Waals surface area contributed by atoms with Gasteiger partial charge in [0.25, 0.3) is 0 Å². The molecule has 3 rings (SSSR count). The monoisotopic (exact) mass is 630 g/mol. The number of hydrogen-bond donors (Lipinski definition) is 0. The third kappa shape index (κ3) is 4.88. The van der Waals surface area contributed by atoms with Crippen LogP contribution in [0.3, 0.4) is 0 Å². The largest absolute Gasteiger partial charge is 0.460 e. The van der Waals surface area contributed by atoms with E-state index < -0.39 is 22.5 Å². The molecular formula is C21H12B3Br3O6. The first-order valence-electron chi connectivity index (χ1n) is 9.32. The Kier molecular flexibility index (Phi) is 7.70. The molecule has 0 N–H and O–H groups in total. The lowest BCUT2D eigenvalue weighted by Crippen LogP contribution is -2.35. The molecule has 162 valence electrons. The minimum atomic E-state index is -0.647. The molecule has 6 radical (unpaired) electrons. The number of furan rings is 1. The van der Waals surface area contributed by atoms with E-state index in [1.54, 1.807) is 6.92 Å². The minimum absolute atomic E-state index is 0.0170. The molecule has 0 bridgehead atoms. The average molecular weight is 632 g/mol. The van der Waals surface area contributed by atoms with Crippen molar-refractivity contribution in [3.63, 3.8) is 0 Å². The molecule has 2 aromatic carbocycles. The van der Waals surface area contributed by atoms with Crippen molar-refractivity contribution in [2.45, 2.75) is 25.6 Å². The first kappa shape index (κ1) is 25.8. The predicted octanol–water partition coefficient (Wildman–Crippen LogP) is 2.88. The van der Waals surface area contributed by atoms with Crippen LogP contribution in [0.2, 0.25) is 0 Å². The molecule has 0 amide bonds. The van der Waals surface area contributed by atoms with Gasteiger partial charge in [0.05, 0.1) is 19.3 Å². The van der Waals surface area contributed by atoms with Crippen molar-refractivity contribution < 1.29 is 28.3 Å². The Morgan fingerprint density at radius 1 is 0.909 bits per heavy atom. The molecule has 0 aliphatic carbocycles. The van der Waals surface area contributed by atoms with Crippen LogP contribution in [0.25, 0.3) is 11.0 Å². The second-order valence-electron chi connectivity index (χ2n) is 7.02. The van der Waals surface area contributed by atoms with E-state index in [1.165, 1.54) is 26.0 Å². The zero-order valence-corrected chi connectivity index (χ0v) is 22.3. The van der Waals surface area contributed by atoms with E-state index >= 15 is 0 Å². The second-order valence-corrected chi connectivity index (χ2v) is 10.1. The smallest absolute Gasteiger partial charge is 0.308 e. The molecule has 1 atom stereocenters. The number of fused-ring (bicyclic) bond motifs is 1. The zero-order valence-electron chi connectivity index (χ0n) is 17.5. The lowest BCUT2D eigenvalue weighted by atomic mass is 9.72. The molecule has 0 aliphatic rings. The van der Waals surface area contributed by atoms with E-state index in [0.29, 0.717) is 8.95 Å². The molecular weight excluding hydrogens is 620 g/mol. The molecule has 0 saturated heterocycles. The molecule has 1 aromatic heterocycles. The fourth-order valence-corrected chi connectivity index (χ4v) is 4.91. The molecule has 33 heavy (non-hydrogen) atoms. The molecule has 0 fully saturated rings. The van der Waals surface area contributed by atoms with E-state index in [-0.39, 0.29) is 55.7 Å². The fraction of sp³-hybridized carbons (Fsp3) is 0.190. The van der Waals surface area contributed by atoms with Gasteiger partial charge in [0.1, 0.15) is 40.6 Å². The Morgan fingerprint density at radius 2 is 1.42 bits per heavy atom. The first-order chi connectivity index (χ1) is 15.3. The third-order valence-corrected chi connectivity index (χ3v) is 6.16. The van der Waals surface area contributed by atoms with Gasteiger partial charge in [-0.3, -0.25) is 14.4 Å². The third-order valence-electron chi connectivity index (χ3n) is 4.57. The summed E-state index contributed by atoms with van der Waals surface area (Å²) in [6.45, 7) is 4.21. The summed E-state index contributed by atoms with van der Waals surface area (Å²) in [5.74, 6) is -1.27. The predicted molar refractivity (Wildman–Crippen MR) is 138 cm³/mol. The summed E-state index contributed by atoms with van der Waals surface area (Å²) >= 11 is 10.1. The van der Waals surface area contributed by atoms with E-state index in [1.807, 2.05) is 0 Å². The van der Waals surface area contributed by atoms with Crippen molar-refractivity contribution in [1.82, 2.24) is 0 Å². The topological polar surface area (TPSA) is 82.8 Å². The van der Waals surface area contributed by atoms with Crippen molar-refractivity contribution in [2.24, 2.45) is 0 Å². The van der Waals surface area contributed by atoms with Crippen LogP contribution in [-0.2, 0) is 9.59 Å². The number of rotatable bonds is 5. The summed E-state index contributed by atoms with van der Waals surface area (Å²) in [4.78, 5) is 36.1. The quantitative estimate of drug-likeness (QED) is 0.142. The van der Waals surface area contributed by atoms with E-state index in [9.17, 15) is 14.4 Å². The molecule has 0 saturated carbocycles. The van der Waals surface area contributed by atoms with Crippen LogP contribution in [0, 0.1) is 0 Å². The summed E-state index contributed by atoms with van der Waals surface area (Å²) in [5.41, 5.74) is 0.272. The molecule has 1 unspecified atom stereocenters. The number of carbonyl (C=O) groups excluding carboxylic acids is 3. The minimum Gasteiger partial charge on any atom is -0.460 e. The van der Waals surface area contributed by atoms with Gasteiger partial charge >= 0.3 is 11.9 Å². The average Bonchev–Trinajstić information content (AvgIpc) is 3.12. The molecule has 1 heterocycles. The lowest BCUT2D eigenvalue weighted by molar-refractivity contribution is -0.132. The van der Waals surface area contributed by atoms with Crippen molar-refractivity contribution in [2.75, 3.05) is 0 Å². The van der Waals surface area contributed by atoms with Crippen LogP contribution in [0.5, 0.6) is 11.5 Å². The number of alkyl halides is 1. The highest BCUT2D eigenvalue weighted by Gasteiger charge is 2.29. The van der Waals surface area contributed by atoms with Gasteiger partial charge in [-0.05, 0) is 56.4 Å². The summed E-state index contributed by atoms with van der Waals surface area (Å²) in [6, 6.07) is 3.01. The number of ketones is 1. The van der Waals surface area contributed by atoms with Gasteiger partial charge in [-0.2, -0.15) is 0 Å². The number of carbonyl (C=O) groups is 3. The van der Waals surface area contributed by atoms with Crippen LogP contribution in [0.1, 0.15) is 47.3 Å². The molecule has 0 aliphatic heterocycles. The van der Waals surface area contributed by atoms with E-state index in [4.69, 9.17) is 37.4 Å². The Bertz CT molecular complexity index is 1310. The van der Waals surface area contributed by atoms with Gasteiger partial charge in [-0.15, -0.1) is 0 Å². The van der Waals surface area contributed by atoms with Crippen molar-refractivity contribution in [3.8, 4) is 11.5 Å². The Hall–Kier alpha value is -1.78. The van der Waals surface area contributed by atoms with E-state index in [0.717, 1.165) is 0 Å². The van der Waals surface area contributed by atoms with Gasteiger partial charge < -0.3 is 13.9 Å². The number of hydrogen-bond acceptors (Lipinski definition) is 6. The fourth-order valence-electron chi connectivity index (χ4n) is 3.24. The Labute approximate surface area is 218 Å². The molecule has 6 nitrogen and oxygen atoms in total. The highest BCUT2D eigenvalue weighted by molar-refractivity contribution is 9.11. The van der Waals surface area contributed by atoms with Crippen LogP contribution < -0.4 is 25.9 Å². The van der Waals surface area contributed by atoms with Crippen molar-refractivity contribution in [1.29, 1.82) is 0 Å².